The lowest BCUT2D eigenvalue weighted by Crippen LogP contribution is -2.34. The standard InChI is InChI=1S/C18H24ClNO2/c1-3-13(4-2)18(22)20-11-9-14-12-15(7-8-16(14)20)17(21)6-5-10-19/h7-8,12-13H,3-6,9-11H2,1-2H3. The van der Waals surface area contributed by atoms with Crippen LogP contribution in [0, 0.1) is 5.92 Å². The Morgan fingerprint density at radius 3 is 2.64 bits per heavy atom. The topological polar surface area (TPSA) is 37.4 Å². The maximum Gasteiger partial charge on any atom is 0.230 e. The lowest BCUT2D eigenvalue weighted by molar-refractivity contribution is -0.122. The van der Waals surface area contributed by atoms with Crippen molar-refractivity contribution in [3.63, 3.8) is 0 Å². The third-order valence-corrected chi connectivity index (χ3v) is 4.70. The van der Waals surface area contributed by atoms with Gasteiger partial charge in [-0.25, -0.2) is 0 Å². The van der Waals surface area contributed by atoms with E-state index < -0.39 is 0 Å². The van der Waals surface area contributed by atoms with Gasteiger partial charge in [0.1, 0.15) is 0 Å². The molecule has 0 aliphatic carbocycles. The minimum atomic E-state index is 0.0935. The molecule has 1 aromatic carbocycles. The fourth-order valence-electron chi connectivity index (χ4n) is 3.03. The minimum Gasteiger partial charge on any atom is -0.312 e. The summed E-state index contributed by atoms with van der Waals surface area (Å²) in [5.41, 5.74) is 2.82. The van der Waals surface area contributed by atoms with Gasteiger partial charge in [0.15, 0.2) is 5.78 Å². The van der Waals surface area contributed by atoms with E-state index >= 15 is 0 Å². The Kier molecular flexibility index (Phi) is 6.01. The smallest absolute Gasteiger partial charge is 0.230 e. The summed E-state index contributed by atoms with van der Waals surface area (Å²) < 4.78 is 0. The van der Waals surface area contributed by atoms with Crippen LogP contribution < -0.4 is 4.90 Å². The molecular formula is C18H24ClNO2. The van der Waals surface area contributed by atoms with Crippen LogP contribution in [0.3, 0.4) is 0 Å². The average Bonchev–Trinajstić information content (AvgIpc) is 2.96. The number of hydrogen-bond acceptors (Lipinski definition) is 2. The molecule has 1 amide bonds. The quantitative estimate of drug-likeness (QED) is 0.557. The molecule has 4 heteroatoms. The summed E-state index contributed by atoms with van der Waals surface area (Å²) in [5.74, 6) is 0.947. The average molecular weight is 322 g/mol. The van der Waals surface area contributed by atoms with Crippen LogP contribution in [0.25, 0.3) is 0 Å². The Bertz CT molecular complexity index is 552. The zero-order valence-corrected chi connectivity index (χ0v) is 14.2. The third kappa shape index (κ3) is 3.52. The van der Waals surface area contributed by atoms with Crippen molar-refractivity contribution in [3.8, 4) is 0 Å². The molecule has 22 heavy (non-hydrogen) atoms. The van der Waals surface area contributed by atoms with Gasteiger partial charge in [-0.1, -0.05) is 13.8 Å². The van der Waals surface area contributed by atoms with E-state index in [2.05, 4.69) is 13.8 Å². The zero-order chi connectivity index (χ0) is 16.1. The first kappa shape index (κ1) is 17.0. The second kappa shape index (κ2) is 7.77. The molecule has 1 heterocycles. The molecule has 120 valence electrons. The SMILES string of the molecule is CCC(CC)C(=O)N1CCc2cc(C(=O)CCCCl)ccc21. The Morgan fingerprint density at radius 2 is 2.00 bits per heavy atom. The van der Waals surface area contributed by atoms with Crippen molar-refractivity contribution in [2.24, 2.45) is 5.92 Å². The van der Waals surface area contributed by atoms with Crippen LogP contribution >= 0.6 is 11.6 Å². The minimum absolute atomic E-state index is 0.0935. The number of rotatable bonds is 7. The van der Waals surface area contributed by atoms with Gasteiger partial charge in [0.2, 0.25) is 5.91 Å². The van der Waals surface area contributed by atoms with E-state index in [0.717, 1.165) is 42.6 Å². The van der Waals surface area contributed by atoms with Crippen molar-refractivity contribution in [1.82, 2.24) is 0 Å². The van der Waals surface area contributed by atoms with Gasteiger partial charge < -0.3 is 4.90 Å². The van der Waals surface area contributed by atoms with Crippen LogP contribution in [-0.2, 0) is 11.2 Å². The monoisotopic (exact) mass is 321 g/mol. The Morgan fingerprint density at radius 1 is 1.27 bits per heavy atom. The fourth-order valence-corrected chi connectivity index (χ4v) is 3.17. The molecule has 0 spiro atoms. The van der Waals surface area contributed by atoms with E-state index in [1.54, 1.807) is 0 Å². The summed E-state index contributed by atoms with van der Waals surface area (Å²) in [6, 6.07) is 5.72. The zero-order valence-electron chi connectivity index (χ0n) is 13.4. The highest BCUT2D eigenvalue weighted by atomic mass is 35.5. The molecule has 1 aliphatic heterocycles. The molecule has 2 rings (SSSR count). The van der Waals surface area contributed by atoms with Crippen molar-refractivity contribution < 1.29 is 9.59 Å². The highest BCUT2D eigenvalue weighted by Crippen LogP contribution is 2.31. The molecule has 0 fully saturated rings. The van der Waals surface area contributed by atoms with Crippen molar-refractivity contribution in [2.75, 3.05) is 17.3 Å². The van der Waals surface area contributed by atoms with E-state index in [1.807, 2.05) is 23.1 Å². The molecule has 0 saturated carbocycles. The van der Waals surface area contributed by atoms with Crippen LogP contribution in [0.4, 0.5) is 5.69 Å². The number of hydrogen-bond donors (Lipinski definition) is 0. The van der Waals surface area contributed by atoms with Crippen molar-refractivity contribution in [3.05, 3.63) is 29.3 Å². The Hall–Kier alpha value is -1.35. The van der Waals surface area contributed by atoms with Gasteiger partial charge in [0.05, 0.1) is 0 Å². The molecule has 0 atom stereocenters. The van der Waals surface area contributed by atoms with E-state index in [9.17, 15) is 9.59 Å². The second-order valence-electron chi connectivity index (χ2n) is 5.81. The number of amides is 1. The summed E-state index contributed by atoms with van der Waals surface area (Å²) in [6.07, 6.45) is 3.76. The first-order chi connectivity index (χ1) is 10.6. The maximum absolute atomic E-state index is 12.6. The highest BCUT2D eigenvalue weighted by molar-refractivity contribution is 6.18. The summed E-state index contributed by atoms with van der Waals surface area (Å²) in [5, 5.41) is 0. The molecule has 1 aliphatic rings. The second-order valence-corrected chi connectivity index (χ2v) is 6.19. The lowest BCUT2D eigenvalue weighted by atomic mass is 10.0. The lowest BCUT2D eigenvalue weighted by Gasteiger charge is -2.22. The van der Waals surface area contributed by atoms with Crippen LogP contribution in [0.1, 0.15) is 55.5 Å². The molecular weight excluding hydrogens is 298 g/mol. The molecule has 1 aromatic rings. The van der Waals surface area contributed by atoms with Crippen molar-refractivity contribution in [1.29, 1.82) is 0 Å². The van der Waals surface area contributed by atoms with Gasteiger partial charge >= 0.3 is 0 Å². The van der Waals surface area contributed by atoms with Crippen LogP contribution in [0.15, 0.2) is 18.2 Å². The summed E-state index contributed by atoms with van der Waals surface area (Å²) in [6.45, 7) is 4.84. The first-order valence-corrected chi connectivity index (χ1v) is 8.69. The Balaban J connectivity index is 2.16. The fraction of sp³-hybridized carbons (Fsp3) is 0.556. The van der Waals surface area contributed by atoms with E-state index in [-0.39, 0.29) is 17.6 Å². The van der Waals surface area contributed by atoms with Crippen molar-refractivity contribution in [2.45, 2.75) is 46.0 Å². The van der Waals surface area contributed by atoms with E-state index in [4.69, 9.17) is 11.6 Å². The van der Waals surface area contributed by atoms with Gasteiger partial charge in [0.25, 0.3) is 0 Å². The van der Waals surface area contributed by atoms with E-state index in [0.29, 0.717) is 18.7 Å². The molecule has 0 saturated heterocycles. The molecule has 0 bridgehead atoms. The number of carbonyl (C=O) groups is 2. The van der Waals surface area contributed by atoms with Crippen LogP contribution in [0.5, 0.6) is 0 Å². The number of nitrogens with zero attached hydrogens (tertiary/aromatic N) is 1. The predicted molar refractivity (Wildman–Crippen MR) is 90.9 cm³/mol. The number of halogens is 1. The van der Waals surface area contributed by atoms with Gasteiger partial charge in [0, 0.05) is 36.0 Å². The van der Waals surface area contributed by atoms with Gasteiger partial charge in [-0.05, 0) is 49.4 Å². The normalized spacial score (nSPS) is 13.5. The Labute approximate surface area is 137 Å². The maximum atomic E-state index is 12.6. The largest absolute Gasteiger partial charge is 0.312 e. The summed E-state index contributed by atoms with van der Waals surface area (Å²) in [4.78, 5) is 26.5. The van der Waals surface area contributed by atoms with E-state index in [1.165, 1.54) is 0 Å². The van der Waals surface area contributed by atoms with Crippen LogP contribution in [0.2, 0.25) is 0 Å². The first-order valence-electron chi connectivity index (χ1n) is 8.15. The number of fused-ring (bicyclic) bond motifs is 1. The number of Topliss-reactive ketones (excluding diaryl/α,β-unsaturated/α-hetero) is 1. The predicted octanol–water partition coefficient (Wildman–Crippen LogP) is 4.21. The van der Waals surface area contributed by atoms with Gasteiger partial charge in [-0.3, -0.25) is 9.59 Å². The summed E-state index contributed by atoms with van der Waals surface area (Å²) in [7, 11) is 0. The van der Waals surface area contributed by atoms with Gasteiger partial charge in [-0.15, -0.1) is 11.6 Å². The van der Waals surface area contributed by atoms with Gasteiger partial charge in [-0.2, -0.15) is 0 Å². The third-order valence-electron chi connectivity index (χ3n) is 4.44. The number of ketones is 1. The molecule has 0 aromatic heterocycles. The molecule has 0 radical (unpaired) electrons. The number of benzene rings is 1. The molecule has 3 nitrogen and oxygen atoms in total. The summed E-state index contributed by atoms with van der Waals surface area (Å²) >= 11 is 5.64. The number of anilines is 1. The molecule has 0 N–H and O–H groups in total. The van der Waals surface area contributed by atoms with Crippen LogP contribution in [-0.4, -0.2) is 24.1 Å². The number of alkyl halides is 1. The highest BCUT2D eigenvalue weighted by Gasteiger charge is 2.28. The van der Waals surface area contributed by atoms with Crippen molar-refractivity contribution >= 4 is 29.0 Å². The number of carbonyl (C=O) groups excluding carboxylic acids is 2. The molecule has 0 unspecified atom stereocenters.